The Kier molecular flexibility index (Phi) is 3.88. The summed E-state index contributed by atoms with van der Waals surface area (Å²) in [5.41, 5.74) is 2.59. The van der Waals surface area contributed by atoms with Crippen molar-refractivity contribution in [3.63, 3.8) is 0 Å². The van der Waals surface area contributed by atoms with E-state index in [1.54, 1.807) is 7.11 Å². The van der Waals surface area contributed by atoms with Crippen LogP contribution in [0.25, 0.3) is 0 Å². The Labute approximate surface area is 115 Å². The highest BCUT2D eigenvalue weighted by Gasteiger charge is 2.34. The largest absolute Gasteiger partial charge is 0.496 e. The van der Waals surface area contributed by atoms with Gasteiger partial charge >= 0.3 is 0 Å². The van der Waals surface area contributed by atoms with Crippen molar-refractivity contribution in [1.82, 2.24) is 5.32 Å². The van der Waals surface area contributed by atoms with E-state index in [1.165, 1.54) is 17.5 Å². The molecular weight excluding hydrogens is 246 g/mol. The Morgan fingerprint density at radius 3 is 2.61 bits per heavy atom. The van der Waals surface area contributed by atoms with Gasteiger partial charge in [0.15, 0.2) is 0 Å². The third kappa shape index (κ3) is 2.36. The van der Waals surface area contributed by atoms with Gasteiger partial charge in [-0.2, -0.15) is 0 Å². The second-order valence-corrected chi connectivity index (χ2v) is 6.02. The average Bonchev–Trinajstić information content (AvgIpc) is 2.75. The minimum atomic E-state index is 0.0256. The molecule has 1 aromatic carbocycles. The number of ether oxygens (including phenoxy) is 1. The molecule has 3 heteroatoms. The summed E-state index contributed by atoms with van der Waals surface area (Å²) in [5.74, 6) is 1.33. The van der Waals surface area contributed by atoms with E-state index in [2.05, 4.69) is 32.2 Å². The quantitative estimate of drug-likeness (QED) is 0.891. The minimum absolute atomic E-state index is 0.0256. The summed E-state index contributed by atoms with van der Waals surface area (Å²) in [4.78, 5) is 0. The SMILES string of the molecule is COc1cc(Cl)cc(C2(C)CCCN2)c1C(C)C. The van der Waals surface area contributed by atoms with Crippen LogP contribution < -0.4 is 10.1 Å². The molecule has 1 atom stereocenters. The molecule has 2 nitrogen and oxygen atoms in total. The number of hydrogen-bond acceptors (Lipinski definition) is 2. The van der Waals surface area contributed by atoms with Crippen molar-refractivity contribution < 1.29 is 4.74 Å². The van der Waals surface area contributed by atoms with E-state index >= 15 is 0 Å². The summed E-state index contributed by atoms with van der Waals surface area (Å²) in [6.07, 6.45) is 2.36. The molecule has 1 N–H and O–H groups in total. The van der Waals surface area contributed by atoms with Crippen molar-refractivity contribution in [2.45, 2.75) is 45.1 Å². The highest BCUT2D eigenvalue weighted by atomic mass is 35.5. The molecule has 0 amide bonds. The lowest BCUT2D eigenvalue weighted by Crippen LogP contribution is -2.34. The predicted octanol–water partition coefficient (Wildman–Crippen LogP) is 4.07. The molecule has 0 spiro atoms. The Morgan fingerprint density at radius 1 is 1.39 bits per heavy atom. The zero-order chi connectivity index (χ0) is 13.3. The van der Waals surface area contributed by atoms with Gasteiger partial charge in [0.2, 0.25) is 0 Å². The van der Waals surface area contributed by atoms with Gasteiger partial charge in [0.1, 0.15) is 5.75 Å². The molecule has 0 saturated carbocycles. The van der Waals surface area contributed by atoms with Gasteiger partial charge in [-0.15, -0.1) is 0 Å². The number of halogens is 1. The van der Waals surface area contributed by atoms with Gasteiger partial charge in [-0.25, -0.2) is 0 Å². The minimum Gasteiger partial charge on any atom is -0.496 e. The summed E-state index contributed by atoms with van der Waals surface area (Å²) in [5, 5.41) is 4.36. The summed E-state index contributed by atoms with van der Waals surface area (Å²) < 4.78 is 5.52. The van der Waals surface area contributed by atoms with Crippen molar-refractivity contribution in [3.05, 3.63) is 28.3 Å². The molecule has 18 heavy (non-hydrogen) atoms. The zero-order valence-electron chi connectivity index (χ0n) is 11.6. The number of methoxy groups -OCH3 is 1. The van der Waals surface area contributed by atoms with Crippen molar-refractivity contribution in [2.75, 3.05) is 13.7 Å². The van der Waals surface area contributed by atoms with Gasteiger partial charge in [-0.05, 0) is 49.9 Å². The van der Waals surface area contributed by atoms with E-state index in [-0.39, 0.29) is 5.54 Å². The van der Waals surface area contributed by atoms with Crippen LogP contribution >= 0.6 is 11.6 Å². The van der Waals surface area contributed by atoms with Gasteiger partial charge in [-0.1, -0.05) is 25.4 Å². The molecule has 2 rings (SSSR count). The molecule has 0 aliphatic carbocycles. The van der Waals surface area contributed by atoms with Crippen LogP contribution in [0, 0.1) is 0 Å². The third-order valence-corrected chi connectivity index (χ3v) is 4.09. The Balaban J connectivity index is 2.60. The molecular formula is C15H22ClNO. The molecule has 0 aromatic heterocycles. The molecule has 1 aromatic rings. The van der Waals surface area contributed by atoms with Crippen LogP contribution in [0.1, 0.15) is 50.7 Å². The fourth-order valence-corrected chi connectivity index (χ4v) is 3.15. The summed E-state index contributed by atoms with van der Waals surface area (Å²) in [6.45, 7) is 7.74. The molecule has 1 aliphatic rings. The summed E-state index contributed by atoms with van der Waals surface area (Å²) in [7, 11) is 1.71. The van der Waals surface area contributed by atoms with Crippen LogP contribution in [0.15, 0.2) is 12.1 Å². The molecule has 1 fully saturated rings. The number of benzene rings is 1. The van der Waals surface area contributed by atoms with Crippen molar-refractivity contribution in [3.8, 4) is 5.75 Å². The van der Waals surface area contributed by atoms with Gasteiger partial charge in [0.25, 0.3) is 0 Å². The van der Waals surface area contributed by atoms with E-state index < -0.39 is 0 Å². The normalized spacial score (nSPS) is 23.7. The first kappa shape index (κ1) is 13.7. The summed E-state index contributed by atoms with van der Waals surface area (Å²) >= 11 is 6.24. The summed E-state index contributed by atoms with van der Waals surface area (Å²) in [6, 6.07) is 4.01. The third-order valence-electron chi connectivity index (χ3n) is 3.87. The molecule has 1 heterocycles. The predicted molar refractivity (Wildman–Crippen MR) is 76.7 cm³/mol. The molecule has 1 aliphatic heterocycles. The monoisotopic (exact) mass is 267 g/mol. The second-order valence-electron chi connectivity index (χ2n) is 5.59. The highest BCUT2D eigenvalue weighted by Crippen LogP contribution is 2.41. The fourth-order valence-electron chi connectivity index (χ4n) is 2.94. The maximum atomic E-state index is 6.24. The number of nitrogens with one attached hydrogen (secondary N) is 1. The second kappa shape index (κ2) is 5.10. The van der Waals surface area contributed by atoms with Gasteiger partial charge in [0.05, 0.1) is 7.11 Å². The lowest BCUT2D eigenvalue weighted by molar-refractivity contribution is 0.393. The van der Waals surface area contributed by atoms with Crippen LogP contribution in [0.2, 0.25) is 5.02 Å². The topological polar surface area (TPSA) is 21.3 Å². The maximum absolute atomic E-state index is 6.24. The van der Waals surface area contributed by atoms with Crippen LogP contribution in [0.3, 0.4) is 0 Å². The molecule has 1 unspecified atom stereocenters. The van der Waals surface area contributed by atoms with Gasteiger partial charge < -0.3 is 10.1 Å². The zero-order valence-corrected chi connectivity index (χ0v) is 12.4. The Bertz CT molecular complexity index is 436. The van der Waals surface area contributed by atoms with E-state index in [4.69, 9.17) is 16.3 Å². The van der Waals surface area contributed by atoms with E-state index in [0.29, 0.717) is 5.92 Å². The fraction of sp³-hybridized carbons (Fsp3) is 0.600. The van der Waals surface area contributed by atoms with Crippen LogP contribution in [-0.4, -0.2) is 13.7 Å². The van der Waals surface area contributed by atoms with Crippen LogP contribution in [0.5, 0.6) is 5.75 Å². The molecule has 100 valence electrons. The van der Waals surface area contributed by atoms with Gasteiger partial charge in [0, 0.05) is 16.1 Å². The standard InChI is InChI=1S/C15H22ClNO/c1-10(2)14-12(15(3)6-5-7-17-15)8-11(16)9-13(14)18-4/h8-10,17H,5-7H2,1-4H3. The van der Waals surface area contributed by atoms with E-state index in [0.717, 1.165) is 23.7 Å². The molecule has 1 saturated heterocycles. The highest BCUT2D eigenvalue weighted by molar-refractivity contribution is 6.30. The van der Waals surface area contributed by atoms with Crippen molar-refractivity contribution in [1.29, 1.82) is 0 Å². The van der Waals surface area contributed by atoms with Crippen molar-refractivity contribution in [2.24, 2.45) is 0 Å². The maximum Gasteiger partial charge on any atom is 0.124 e. The van der Waals surface area contributed by atoms with Crippen LogP contribution in [0.4, 0.5) is 0 Å². The lowest BCUT2D eigenvalue weighted by atomic mass is 9.83. The number of hydrogen-bond donors (Lipinski definition) is 1. The van der Waals surface area contributed by atoms with Gasteiger partial charge in [-0.3, -0.25) is 0 Å². The van der Waals surface area contributed by atoms with E-state index in [9.17, 15) is 0 Å². The Hall–Kier alpha value is -0.730. The molecule has 0 bridgehead atoms. The lowest BCUT2D eigenvalue weighted by Gasteiger charge is -2.30. The average molecular weight is 268 g/mol. The molecule has 0 radical (unpaired) electrons. The van der Waals surface area contributed by atoms with Crippen molar-refractivity contribution >= 4 is 11.6 Å². The first-order chi connectivity index (χ1) is 8.48. The first-order valence-electron chi connectivity index (χ1n) is 6.61. The number of rotatable bonds is 3. The Morgan fingerprint density at radius 2 is 2.11 bits per heavy atom. The smallest absolute Gasteiger partial charge is 0.124 e. The van der Waals surface area contributed by atoms with Crippen LogP contribution in [-0.2, 0) is 5.54 Å². The van der Waals surface area contributed by atoms with E-state index in [1.807, 2.05) is 6.07 Å². The first-order valence-corrected chi connectivity index (χ1v) is 6.98.